The molecule has 0 bridgehead atoms. The van der Waals surface area contributed by atoms with E-state index >= 15 is 0 Å². The first-order valence-corrected chi connectivity index (χ1v) is 6.85. The van der Waals surface area contributed by atoms with Gasteiger partial charge >= 0.3 is 0 Å². The normalized spacial score (nSPS) is 32.1. The van der Waals surface area contributed by atoms with Gasteiger partial charge in [0.1, 0.15) is 0 Å². The maximum atomic E-state index is 10.5. The Kier molecular flexibility index (Phi) is 5.42. The fourth-order valence-corrected chi connectivity index (χ4v) is 3.01. The van der Waals surface area contributed by atoms with E-state index in [9.17, 15) is 5.11 Å². The molecule has 1 saturated carbocycles. The number of nitrogens with zero attached hydrogens (tertiary/aromatic N) is 1. The quantitative estimate of drug-likeness (QED) is 0.804. The van der Waals surface area contributed by atoms with Crippen molar-refractivity contribution in [3.63, 3.8) is 0 Å². The summed E-state index contributed by atoms with van der Waals surface area (Å²) in [6, 6.07) is 0. The van der Waals surface area contributed by atoms with E-state index in [1.807, 2.05) is 13.8 Å². The number of rotatable bonds is 5. The second-order valence-electron chi connectivity index (χ2n) is 6.10. The van der Waals surface area contributed by atoms with Gasteiger partial charge < -0.3 is 14.7 Å². The summed E-state index contributed by atoms with van der Waals surface area (Å²) in [4.78, 5) is 2.21. The van der Waals surface area contributed by atoms with Gasteiger partial charge in [-0.2, -0.15) is 0 Å². The molecule has 0 aromatic heterocycles. The minimum absolute atomic E-state index is 0.0907. The molecule has 0 aromatic rings. The van der Waals surface area contributed by atoms with E-state index in [-0.39, 0.29) is 17.7 Å². The van der Waals surface area contributed by atoms with Gasteiger partial charge in [0, 0.05) is 5.54 Å². The van der Waals surface area contributed by atoms with Crippen LogP contribution in [0.3, 0.4) is 0 Å². The third kappa shape index (κ3) is 3.67. The van der Waals surface area contributed by atoms with Gasteiger partial charge in [-0.05, 0) is 46.7 Å². The van der Waals surface area contributed by atoms with Crippen LogP contribution in [0.5, 0.6) is 0 Å². The van der Waals surface area contributed by atoms with E-state index < -0.39 is 0 Å². The molecule has 1 aliphatic carbocycles. The lowest BCUT2D eigenvalue weighted by atomic mass is 9.72. The summed E-state index contributed by atoms with van der Waals surface area (Å²) in [7, 11) is 4.16. The van der Waals surface area contributed by atoms with Crippen molar-refractivity contribution in [3.8, 4) is 0 Å². The van der Waals surface area contributed by atoms with E-state index in [0.29, 0.717) is 12.5 Å². The molecule has 17 heavy (non-hydrogen) atoms. The molecule has 1 fully saturated rings. The summed E-state index contributed by atoms with van der Waals surface area (Å²) < 4.78 is 5.59. The van der Waals surface area contributed by atoms with E-state index in [2.05, 4.69) is 25.9 Å². The number of hydrogen-bond donors (Lipinski definition) is 1. The zero-order chi connectivity index (χ0) is 13.1. The van der Waals surface area contributed by atoms with Crippen molar-refractivity contribution in [1.82, 2.24) is 4.90 Å². The standard InChI is InChI=1S/C14H29NO2/c1-11(2)17-10-13(16)14(15(4)5)8-6-7-12(3)9-14/h11-13,16H,6-10H2,1-5H3. The van der Waals surface area contributed by atoms with Crippen molar-refractivity contribution in [2.45, 2.75) is 64.2 Å². The van der Waals surface area contributed by atoms with Crippen molar-refractivity contribution >= 4 is 0 Å². The predicted octanol–water partition coefficient (Wildman–Crippen LogP) is 2.28. The zero-order valence-electron chi connectivity index (χ0n) is 12.1. The highest BCUT2D eigenvalue weighted by Gasteiger charge is 2.43. The number of aliphatic hydroxyl groups excluding tert-OH is 1. The highest BCUT2D eigenvalue weighted by atomic mass is 16.5. The summed E-state index contributed by atoms with van der Waals surface area (Å²) >= 11 is 0. The van der Waals surface area contributed by atoms with Gasteiger partial charge in [0.2, 0.25) is 0 Å². The largest absolute Gasteiger partial charge is 0.389 e. The van der Waals surface area contributed by atoms with Gasteiger partial charge in [0.05, 0.1) is 18.8 Å². The predicted molar refractivity (Wildman–Crippen MR) is 71.1 cm³/mol. The molecule has 0 amide bonds. The fourth-order valence-electron chi connectivity index (χ4n) is 3.01. The van der Waals surface area contributed by atoms with Crippen LogP contribution >= 0.6 is 0 Å². The van der Waals surface area contributed by atoms with Gasteiger partial charge in [0.15, 0.2) is 0 Å². The van der Waals surface area contributed by atoms with E-state index in [0.717, 1.165) is 12.8 Å². The van der Waals surface area contributed by atoms with Crippen LogP contribution in [0.25, 0.3) is 0 Å². The molecule has 3 nitrogen and oxygen atoms in total. The molecule has 1 N–H and O–H groups in total. The Morgan fingerprint density at radius 1 is 1.41 bits per heavy atom. The van der Waals surface area contributed by atoms with Crippen LogP contribution in [0.15, 0.2) is 0 Å². The lowest BCUT2D eigenvalue weighted by Gasteiger charge is -2.48. The molecule has 1 rings (SSSR count). The van der Waals surface area contributed by atoms with Crippen molar-refractivity contribution in [2.75, 3.05) is 20.7 Å². The first kappa shape index (κ1) is 14.9. The summed E-state index contributed by atoms with van der Waals surface area (Å²) in [6.45, 7) is 6.76. The molecule has 3 unspecified atom stereocenters. The Morgan fingerprint density at radius 2 is 2.06 bits per heavy atom. The average Bonchev–Trinajstić information content (AvgIpc) is 2.25. The lowest BCUT2D eigenvalue weighted by molar-refractivity contribution is -0.0907. The number of hydrogen-bond acceptors (Lipinski definition) is 3. The van der Waals surface area contributed by atoms with Crippen LogP contribution in [-0.2, 0) is 4.74 Å². The number of likely N-dealkylation sites (N-methyl/N-ethyl adjacent to an activating group) is 1. The van der Waals surface area contributed by atoms with Crippen molar-refractivity contribution in [3.05, 3.63) is 0 Å². The molecule has 0 heterocycles. The van der Waals surface area contributed by atoms with Crippen LogP contribution in [0.2, 0.25) is 0 Å². The van der Waals surface area contributed by atoms with E-state index in [1.165, 1.54) is 12.8 Å². The minimum atomic E-state index is -0.386. The Hall–Kier alpha value is -0.120. The van der Waals surface area contributed by atoms with Crippen LogP contribution in [0.4, 0.5) is 0 Å². The number of aliphatic hydroxyl groups is 1. The molecule has 1 aliphatic rings. The van der Waals surface area contributed by atoms with Gasteiger partial charge in [-0.1, -0.05) is 19.8 Å². The molecule has 3 heteroatoms. The third-order valence-electron chi connectivity index (χ3n) is 4.11. The average molecular weight is 243 g/mol. The lowest BCUT2D eigenvalue weighted by Crippen LogP contribution is -2.57. The SMILES string of the molecule is CC1CCCC(C(O)COC(C)C)(N(C)C)C1. The van der Waals surface area contributed by atoms with Crippen LogP contribution < -0.4 is 0 Å². The van der Waals surface area contributed by atoms with Crippen LogP contribution in [-0.4, -0.2) is 48.5 Å². The second-order valence-corrected chi connectivity index (χ2v) is 6.10. The van der Waals surface area contributed by atoms with E-state index in [1.54, 1.807) is 0 Å². The van der Waals surface area contributed by atoms with Crippen molar-refractivity contribution in [2.24, 2.45) is 5.92 Å². The summed E-state index contributed by atoms with van der Waals surface area (Å²) in [5.41, 5.74) is -0.0907. The molecule has 0 aliphatic heterocycles. The summed E-state index contributed by atoms with van der Waals surface area (Å²) in [5, 5.41) is 10.5. The molecule has 0 spiro atoms. The Bertz CT molecular complexity index is 230. The van der Waals surface area contributed by atoms with Crippen LogP contribution in [0, 0.1) is 5.92 Å². The topological polar surface area (TPSA) is 32.7 Å². The molecule has 0 saturated heterocycles. The van der Waals surface area contributed by atoms with Gasteiger partial charge in [-0.15, -0.1) is 0 Å². The molecule has 3 atom stereocenters. The second kappa shape index (κ2) is 6.17. The maximum absolute atomic E-state index is 10.5. The van der Waals surface area contributed by atoms with E-state index in [4.69, 9.17) is 4.74 Å². The summed E-state index contributed by atoms with van der Waals surface area (Å²) in [5.74, 6) is 0.694. The Balaban J connectivity index is 2.69. The zero-order valence-corrected chi connectivity index (χ0v) is 12.1. The smallest absolute Gasteiger partial charge is 0.0956 e. The van der Waals surface area contributed by atoms with Crippen molar-refractivity contribution in [1.29, 1.82) is 0 Å². The minimum Gasteiger partial charge on any atom is -0.389 e. The molecule has 0 radical (unpaired) electrons. The maximum Gasteiger partial charge on any atom is 0.0956 e. The highest BCUT2D eigenvalue weighted by Crippen LogP contribution is 2.38. The third-order valence-corrected chi connectivity index (χ3v) is 4.11. The highest BCUT2D eigenvalue weighted by molar-refractivity contribution is 4.98. The number of ether oxygens (including phenoxy) is 1. The molecule has 0 aromatic carbocycles. The fraction of sp³-hybridized carbons (Fsp3) is 1.00. The van der Waals surface area contributed by atoms with Gasteiger partial charge in [-0.25, -0.2) is 0 Å². The first-order chi connectivity index (χ1) is 7.88. The van der Waals surface area contributed by atoms with Crippen molar-refractivity contribution < 1.29 is 9.84 Å². The van der Waals surface area contributed by atoms with Crippen LogP contribution in [0.1, 0.15) is 46.5 Å². The molecular formula is C14H29NO2. The first-order valence-electron chi connectivity index (χ1n) is 6.85. The van der Waals surface area contributed by atoms with Gasteiger partial charge in [0.25, 0.3) is 0 Å². The molecule has 102 valence electrons. The Morgan fingerprint density at radius 3 is 2.53 bits per heavy atom. The monoisotopic (exact) mass is 243 g/mol. The summed E-state index contributed by atoms with van der Waals surface area (Å²) in [6.07, 6.45) is 4.44. The molecular weight excluding hydrogens is 214 g/mol. The van der Waals surface area contributed by atoms with Gasteiger partial charge in [-0.3, -0.25) is 0 Å². The Labute approximate surface area is 106 Å².